The summed E-state index contributed by atoms with van der Waals surface area (Å²) in [4.78, 5) is 30.9. The molecule has 26 heavy (non-hydrogen) atoms. The lowest BCUT2D eigenvalue weighted by Crippen LogP contribution is -2.50. The van der Waals surface area contributed by atoms with Crippen LogP contribution >= 0.6 is 40.7 Å². The minimum Gasteiger partial charge on any atom is -0.336 e. The van der Waals surface area contributed by atoms with E-state index in [1.807, 2.05) is 6.07 Å². The van der Waals surface area contributed by atoms with Gasteiger partial charge in [0.2, 0.25) is 11.8 Å². The number of aromatic nitrogens is 1. The van der Waals surface area contributed by atoms with Gasteiger partial charge in [0.1, 0.15) is 5.82 Å². The number of halogens is 3. The van der Waals surface area contributed by atoms with Gasteiger partial charge in [0.15, 0.2) is 0 Å². The van der Waals surface area contributed by atoms with Crippen LogP contribution in [0.2, 0.25) is 0 Å². The van der Waals surface area contributed by atoms with Crippen LogP contribution in [0.5, 0.6) is 0 Å². The third-order valence-electron chi connectivity index (χ3n) is 5.19. The third kappa shape index (κ3) is 4.88. The van der Waals surface area contributed by atoms with Gasteiger partial charge in [-0.05, 0) is 53.4 Å². The zero-order chi connectivity index (χ0) is 17.2. The summed E-state index contributed by atoms with van der Waals surface area (Å²) in [7, 11) is 1.72. The van der Waals surface area contributed by atoms with Crippen molar-refractivity contribution in [2.24, 2.45) is 11.3 Å². The number of nitrogens with one attached hydrogen (secondary N) is 2. The summed E-state index contributed by atoms with van der Waals surface area (Å²) >= 11 is 3.31. The number of pyridine rings is 1. The third-order valence-corrected chi connectivity index (χ3v) is 5.66. The first-order chi connectivity index (χ1) is 11.5. The van der Waals surface area contributed by atoms with Crippen LogP contribution in [-0.4, -0.2) is 48.4 Å². The number of amides is 2. The van der Waals surface area contributed by atoms with Gasteiger partial charge in [0, 0.05) is 24.3 Å². The number of rotatable bonds is 4. The number of hydrogen-bond donors (Lipinski definition) is 2. The summed E-state index contributed by atoms with van der Waals surface area (Å²) in [5.41, 5.74) is -0.316. The lowest BCUT2D eigenvalue weighted by molar-refractivity contribution is -0.145. The van der Waals surface area contributed by atoms with Gasteiger partial charge in [-0.15, -0.1) is 24.8 Å². The number of nitrogens with zero attached hydrogens (tertiary/aromatic N) is 2. The van der Waals surface area contributed by atoms with Crippen molar-refractivity contribution in [1.82, 2.24) is 15.2 Å². The first-order valence-corrected chi connectivity index (χ1v) is 9.18. The van der Waals surface area contributed by atoms with Crippen molar-refractivity contribution < 1.29 is 9.59 Å². The SMILES string of the molecule is CN(CC(=O)Nc1ccc(Br)cn1)C(=O)[C@@]12CCCC[C@H]1CNC2.Cl.Cl. The Labute approximate surface area is 174 Å². The Balaban J connectivity index is 0.00000169. The molecule has 2 atom stereocenters. The van der Waals surface area contributed by atoms with Gasteiger partial charge in [-0.1, -0.05) is 12.8 Å². The number of carbonyl (C=O) groups is 2. The average molecular weight is 468 g/mol. The minimum atomic E-state index is -0.316. The highest BCUT2D eigenvalue weighted by Crippen LogP contribution is 2.44. The molecule has 2 N–H and O–H groups in total. The Morgan fingerprint density at radius 3 is 2.85 bits per heavy atom. The first-order valence-electron chi connectivity index (χ1n) is 8.39. The zero-order valence-electron chi connectivity index (χ0n) is 14.7. The average Bonchev–Trinajstić information content (AvgIpc) is 3.01. The fourth-order valence-corrected chi connectivity index (χ4v) is 4.20. The van der Waals surface area contributed by atoms with Gasteiger partial charge in [0.25, 0.3) is 0 Å². The van der Waals surface area contributed by atoms with E-state index in [4.69, 9.17) is 0 Å². The van der Waals surface area contributed by atoms with E-state index in [-0.39, 0.29) is 48.6 Å². The molecular weight excluding hydrogens is 443 g/mol. The molecule has 6 nitrogen and oxygen atoms in total. The highest BCUT2D eigenvalue weighted by Gasteiger charge is 2.50. The normalized spacial score (nSPS) is 23.8. The first kappa shape index (κ1) is 23.1. The Hall–Kier alpha value is -0.890. The molecule has 1 aliphatic carbocycles. The molecule has 2 aliphatic rings. The second-order valence-electron chi connectivity index (χ2n) is 6.80. The molecule has 3 rings (SSSR count). The molecule has 9 heteroatoms. The summed E-state index contributed by atoms with van der Waals surface area (Å²) in [6, 6.07) is 3.54. The Morgan fingerprint density at radius 1 is 1.38 bits per heavy atom. The maximum absolute atomic E-state index is 13.0. The molecule has 0 radical (unpaired) electrons. The summed E-state index contributed by atoms with van der Waals surface area (Å²) in [6.07, 6.45) is 5.93. The second kappa shape index (κ2) is 9.88. The van der Waals surface area contributed by atoms with Crippen molar-refractivity contribution in [1.29, 1.82) is 0 Å². The van der Waals surface area contributed by atoms with E-state index in [0.717, 1.165) is 36.8 Å². The fourth-order valence-electron chi connectivity index (χ4n) is 3.97. The van der Waals surface area contributed by atoms with Crippen LogP contribution in [0, 0.1) is 11.3 Å². The summed E-state index contributed by atoms with van der Waals surface area (Å²) in [5.74, 6) is 0.754. The molecule has 2 amide bonds. The van der Waals surface area contributed by atoms with E-state index in [0.29, 0.717) is 11.7 Å². The summed E-state index contributed by atoms with van der Waals surface area (Å²) < 4.78 is 0.851. The quantitative estimate of drug-likeness (QED) is 0.713. The Bertz CT molecular complexity index is 632. The predicted octanol–water partition coefficient (Wildman–Crippen LogP) is 2.86. The van der Waals surface area contributed by atoms with E-state index in [1.165, 1.54) is 6.42 Å². The topological polar surface area (TPSA) is 74.3 Å². The molecule has 146 valence electrons. The predicted molar refractivity (Wildman–Crippen MR) is 110 cm³/mol. The van der Waals surface area contributed by atoms with Gasteiger partial charge >= 0.3 is 0 Å². The van der Waals surface area contributed by atoms with Crippen molar-refractivity contribution in [2.75, 3.05) is 32.0 Å². The molecule has 0 unspecified atom stereocenters. The van der Waals surface area contributed by atoms with Crippen LogP contribution in [0.3, 0.4) is 0 Å². The molecule has 1 aromatic heterocycles. The highest BCUT2D eigenvalue weighted by atomic mass is 79.9. The monoisotopic (exact) mass is 466 g/mol. The van der Waals surface area contributed by atoms with Gasteiger partial charge in [-0.3, -0.25) is 9.59 Å². The van der Waals surface area contributed by atoms with E-state index >= 15 is 0 Å². The standard InChI is InChI=1S/C17H23BrN4O2.2ClH/c1-22(10-15(23)21-14-6-5-13(18)9-20-14)16(24)17-7-3-2-4-12(17)8-19-11-17;;/h5-6,9,12,19H,2-4,7-8,10-11H2,1H3,(H,20,21,23);2*1H/t12-,17+;;/m0../s1. The molecule has 1 aliphatic heterocycles. The lowest BCUT2D eigenvalue weighted by Gasteiger charge is -2.39. The largest absolute Gasteiger partial charge is 0.336 e. The Kier molecular flexibility index (Phi) is 8.79. The molecule has 0 bridgehead atoms. The number of anilines is 1. The molecule has 2 fully saturated rings. The summed E-state index contributed by atoms with van der Waals surface area (Å²) in [6.45, 7) is 1.69. The zero-order valence-corrected chi connectivity index (χ0v) is 17.9. The van der Waals surface area contributed by atoms with Gasteiger partial charge in [-0.25, -0.2) is 4.98 Å². The smallest absolute Gasteiger partial charge is 0.245 e. The van der Waals surface area contributed by atoms with Crippen molar-refractivity contribution >= 4 is 58.4 Å². The van der Waals surface area contributed by atoms with Crippen LogP contribution < -0.4 is 10.6 Å². The second-order valence-corrected chi connectivity index (χ2v) is 7.72. The van der Waals surface area contributed by atoms with Gasteiger partial charge in [-0.2, -0.15) is 0 Å². The van der Waals surface area contributed by atoms with Crippen LogP contribution in [0.25, 0.3) is 0 Å². The maximum atomic E-state index is 13.0. The lowest BCUT2D eigenvalue weighted by atomic mass is 9.67. The van der Waals surface area contributed by atoms with Gasteiger partial charge < -0.3 is 15.5 Å². The molecule has 0 aromatic carbocycles. The van der Waals surface area contributed by atoms with E-state index in [2.05, 4.69) is 31.5 Å². The maximum Gasteiger partial charge on any atom is 0.245 e. The number of hydrogen-bond acceptors (Lipinski definition) is 4. The van der Waals surface area contributed by atoms with Crippen molar-refractivity contribution in [3.05, 3.63) is 22.8 Å². The Morgan fingerprint density at radius 2 is 2.15 bits per heavy atom. The molecule has 0 spiro atoms. The highest BCUT2D eigenvalue weighted by molar-refractivity contribution is 9.10. The van der Waals surface area contributed by atoms with Crippen molar-refractivity contribution in [3.8, 4) is 0 Å². The van der Waals surface area contributed by atoms with Crippen molar-refractivity contribution in [2.45, 2.75) is 25.7 Å². The van der Waals surface area contributed by atoms with E-state index in [9.17, 15) is 9.59 Å². The van der Waals surface area contributed by atoms with E-state index in [1.54, 1.807) is 24.2 Å². The van der Waals surface area contributed by atoms with Crippen LogP contribution in [0.1, 0.15) is 25.7 Å². The minimum absolute atomic E-state index is 0. The van der Waals surface area contributed by atoms with Crippen molar-refractivity contribution in [3.63, 3.8) is 0 Å². The van der Waals surface area contributed by atoms with Crippen LogP contribution in [0.15, 0.2) is 22.8 Å². The molecule has 2 heterocycles. The van der Waals surface area contributed by atoms with E-state index < -0.39 is 0 Å². The number of fused-ring (bicyclic) bond motifs is 1. The molecule has 1 saturated carbocycles. The van der Waals surface area contributed by atoms with Crippen LogP contribution in [0.4, 0.5) is 5.82 Å². The molecule has 1 saturated heterocycles. The molecule has 1 aromatic rings. The number of carbonyl (C=O) groups excluding carboxylic acids is 2. The summed E-state index contributed by atoms with van der Waals surface area (Å²) in [5, 5.41) is 6.11. The van der Waals surface area contributed by atoms with Gasteiger partial charge in [0.05, 0.1) is 12.0 Å². The number of likely N-dealkylation sites (N-methyl/N-ethyl adjacent to an activating group) is 1. The van der Waals surface area contributed by atoms with Crippen LogP contribution in [-0.2, 0) is 9.59 Å². The fraction of sp³-hybridized carbons (Fsp3) is 0.588. The molecular formula is C17H25BrCl2N4O2.